The van der Waals surface area contributed by atoms with Gasteiger partial charge in [-0.15, -0.1) is 0 Å². The van der Waals surface area contributed by atoms with E-state index in [2.05, 4.69) is 0 Å². The summed E-state index contributed by atoms with van der Waals surface area (Å²) in [5, 5.41) is 0. The van der Waals surface area contributed by atoms with Crippen LogP contribution >= 0.6 is 0 Å². The second kappa shape index (κ2) is 5.29. The predicted molar refractivity (Wildman–Crippen MR) is 60.1 cm³/mol. The van der Waals surface area contributed by atoms with Crippen molar-refractivity contribution in [2.24, 2.45) is 5.73 Å². The normalized spacial score (nSPS) is 10.7. The third-order valence-corrected chi connectivity index (χ3v) is 1.88. The van der Waals surface area contributed by atoms with Gasteiger partial charge < -0.3 is 16.2 Å². The number of anilines is 1. The van der Waals surface area contributed by atoms with Crippen LogP contribution in [0.2, 0.25) is 0 Å². The number of hydrogen-bond donors (Lipinski definition) is 2. The first-order chi connectivity index (χ1) is 6.77. The zero-order chi connectivity index (χ0) is 10.4. The van der Waals surface area contributed by atoms with Crippen LogP contribution in [0.25, 0.3) is 6.08 Å². The highest BCUT2D eigenvalue weighted by atomic mass is 16.5. The maximum absolute atomic E-state index is 5.67. The highest BCUT2D eigenvalue weighted by Crippen LogP contribution is 2.22. The molecule has 0 unspecified atom stereocenters. The van der Waals surface area contributed by atoms with Gasteiger partial charge in [-0.2, -0.15) is 0 Å². The largest absolute Gasteiger partial charge is 0.496 e. The quantitative estimate of drug-likeness (QED) is 0.713. The summed E-state index contributed by atoms with van der Waals surface area (Å²) < 4.78 is 5.19. The molecular weight excluding hydrogens is 176 g/mol. The maximum Gasteiger partial charge on any atom is 0.126 e. The molecule has 1 aromatic rings. The molecule has 76 valence electrons. The average Bonchev–Trinajstić information content (AvgIpc) is 2.19. The van der Waals surface area contributed by atoms with E-state index in [1.807, 2.05) is 30.4 Å². The van der Waals surface area contributed by atoms with Crippen LogP contribution in [0.5, 0.6) is 5.75 Å². The number of nitrogen functional groups attached to an aromatic ring is 1. The Hall–Kier alpha value is -1.48. The van der Waals surface area contributed by atoms with E-state index in [0.717, 1.165) is 23.4 Å². The number of hydrogen-bond acceptors (Lipinski definition) is 3. The minimum absolute atomic E-state index is 0.654. The Morgan fingerprint density at radius 1 is 1.43 bits per heavy atom. The van der Waals surface area contributed by atoms with Gasteiger partial charge in [0.1, 0.15) is 5.75 Å². The molecular formula is C11H16N2O. The molecule has 0 aliphatic heterocycles. The molecule has 0 fully saturated rings. The molecule has 3 heteroatoms. The first-order valence-electron chi connectivity index (χ1n) is 4.58. The van der Waals surface area contributed by atoms with Crippen molar-refractivity contribution in [2.45, 2.75) is 6.42 Å². The first kappa shape index (κ1) is 10.6. The van der Waals surface area contributed by atoms with Gasteiger partial charge in [-0.25, -0.2) is 0 Å². The molecule has 0 atom stereocenters. The monoisotopic (exact) mass is 192 g/mol. The Labute approximate surface area is 84.4 Å². The molecule has 1 aromatic carbocycles. The van der Waals surface area contributed by atoms with Gasteiger partial charge in [0.25, 0.3) is 0 Å². The minimum Gasteiger partial charge on any atom is -0.496 e. The molecule has 0 heterocycles. The van der Waals surface area contributed by atoms with Crippen molar-refractivity contribution < 1.29 is 4.74 Å². The second-order valence-electron chi connectivity index (χ2n) is 2.98. The third kappa shape index (κ3) is 2.78. The van der Waals surface area contributed by atoms with E-state index in [0.29, 0.717) is 6.54 Å². The topological polar surface area (TPSA) is 61.3 Å². The Bertz CT molecular complexity index is 321. The summed E-state index contributed by atoms with van der Waals surface area (Å²) in [6.45, 7) is 0.654. The number of benzene rings is 1. The Morgan fingerprint density at radius 3 is 2.86 bits per heavy atom. The summed E-state index contributed by atoms with van der Waals surface area (Å²) >= 11 is 0. The van der Waals surface area contributed by atoms with Crippen molar-refractivity contribution in [1.82, 2.24) is 0 Å². The van der Waals surface area contributed by atoms with E-state index in [1.165, 1.54) is 0 Å². The van der Waals surface area contributed by atoms with Crippen molar-refractivity contribution in [3.05, 3.63) is 29.8 Å². The van der Waals surface area contributed by atoms with E-state index in [4.69, 9.17) is 16.2 Å². The van der Waals surface area contributed by atoms with Gasteiger partial charge >= 0.3 is 0 Å². The summed E-state index contributed by atoms with van der Waals surface area (Å²) in [4.78, 5) is 0. The van der Waals surface area contributed by atoms with Crippen LogP contribution < -0.4 is 16.2 Å². The Morgan fingerprint density at radius 2 is 2.21 bits per heavy atom. The molecule has 0 bridgehead atoms. The Balaban J connectivity index is 2.87. The van der Waals surface area contributed by atoms with Gasteiger partial charge in [-0.1, -0.05) is 12.2 Å². The Kier molecular flexibility index (Phi) is 4.01. The van der Waals surface area contributed by atoms with E-state index in [1.54, 1.807) is 7.11 Å². The lowest BCUT2D eigenvalue weighted by atomic mass is 10.1. The van der Waals surface area contributed by atoms with Gasteiger partial charge in [0.05, 0.1) is 7.11 Å². The summed E-state index contributed by atoms with van der Waals surface area (Å²) in [6.07, 6.45) is 4.84. The lowest BCUT2D eigenvalue weighted by Crippen LogP contribution is -1.95. The molecule has 4 N–H and O–H groups in total. The lowest BCUT2D eigenvalue weighted by Gasteiger charge is -2.05. The molecule has 0 saturated carbocycles. The highest BCUT2D eigenvalue weighted by molar-refractivity contribution is 5.62. The number of rotatable bonds is 4. The number of ether oxygens (including phenoxy) is 1. The summed E-state index contributed by atoms with van der Waals surface area (Å²) in [6, 6.07) is 5.56. The zero-order valence-electron chi connectivity index (χ0n) is 8.36. The van der Waals surface area contributed by atoms with E-state index >= 15 is 0 Å². The van der Waals surface area contributed by atoms with Gasteiger partial charge in [-0.05, 0) is 31.2 Å². The maximum atomic E-state index is 5.67. The van der Waals surface area contributed by atoms with Crippen molar-refractivity contribution in [2.75, 3.05) is 19.4 Å². The molecule has 0 spiro atoms. The minimum atomic E-state index is 0.654. The SMILES string of the molecule is COc1ccc(N)cc1C=CCCN. The fourth-order valence-electron chi connectivity index (χ4n) is 1.19. The molecule has 1 rings (SSSR count). The number of methoxy groups -OCH3 is 1. The van der Waals surface area contributed by atoms with Gasteiger partial charge in [0.15, 0.2) is 0 Å². The fraction of sp³-hybridized carbons (Fsp3) is 0.273. The van der Waals surface area contributed by atoms with Crippen molar-refractivity contribution in [1.29, 1.82) is 0 Å². The summed E-state index contributed by atoms with van der Waals surface area (Å²) in [5.41, 5.74) is 12.8. The average molecular weight is 192 g/mol. The van der Waals surface area contributed by atoms with Gasteiger partial charge in [-0.3, -0.25) is 0 Å². The van der Waals surface area contributed by atoms with Crippen LogP contribution in [0.3, 0.4) is 0 Å². The van der Waals surface area contributed by atoms with Gasteiger partial charge in [0.2, 0.25) is 0 Å². The summed E-state index contributed by atoms with van der Waals surface area (Å²) in [7, 11) is 1.64. The zero-order valence-corrected chi connectivity index (χ0v) is 8.36. The second-order valence-corrected chi connectivity index (χ2v) is 2.98. The lowest BCUT2D eigenvalue weighted by molar-refractivity contribution is 0.414. The highest BCUT2D eigenvalue weighted by Gasteiger charge is 1.98. The van der Waals surface area contributed by atoms with Crippen molar-refractivity contribution in [3.8, 4) is 5.75 Å². The molecule has 0 amide bonds. The van der Waals surface area contributed by atoms with E-state index in [9.17, 15) is 0 Å². The molecule has 0 radical (unpaired) electrons. The fourth-order valence-corrected chi connectivity index (χ4v) is 1.19. The van der Waals surface area contributed by atoms with Crippen LogP contribution in [0.1, 0.15) is 12.0 Å². The summed E-state index contributed by atoms with van der Waals surface area (Å²) in [5.74, 6) is 0.826. The van der Waals surface area contributed by atoms with Crippen LogP contribution in [0.15, 0.2) is 24.3 Å². The predicted octanol–water partition coefficient (Wildman–Crippen LogP) is 1.64. The third-order valence-electron chi connectivity index (χ3n) is 1.88. The standard InChI is InChI=1S/C11H16N2O/c1-14-11-6-5-10(13)8-9(11)4-2-3-7-12/h2,4-6,8H,3,7,12-13H2,1H3. The van der Waals surface area contributed by atoms with E-state index < -0.39 is 0 Å². The molecule has 0 aromatic heterocycles. The van der Waals surface area contributed by atoms with E-state index in [-0.39, 0.29) is 0 Å². The van der Waals surface area contributed by atoms with Crippen molar-refractivity contribution >= 4 is 11.8 Å². The van der Waals surface area contributed by atoms with Crippen LogP contribution in [0, 0.1) is 0 Å². The van der Waals surface area contributed by atoms with Crippen LogP contribution in [0.4, 0.5) is 5.69 Å². The van der Waals surface area contributed by atoms with Crippen LogP contribution in [-0.2, 0) is 0 Å². The number of nitrogens with two attached hydrogens (primary N) is 2. The molecule has 0 aliphatic rings. The molecule has 14 heavy (non-hydrogen) atoms. The smallest absolute Gasteiger partial charge is 0.126 e. The van der Waals surface area contributed by atoms with Gasteiger partial charge in [0, 0.05) is 11.3 Å². The molecule has 0 saturated heterocycles. The van der Waals surface area contributed by atoms with Crippen molar-refractivity contribution in [3.63, 3.8) is 0 Å². The van der Waals surface area contributed by atoms with Crippen LogP contribution in [-0.4, -0.2) is 13.7 Å². The molecule has 0 aliphatic carbocycles. The first-order valence-corrected chi connectivity index (χ1v) is 4.58. The molecule has 3 nitrogen and oxygen atoms in total.